The molecule has 0 bridgehead atoms. The van der Waals surface area contributed by atoms with Crippen LogP contribution in [0.1, 0.15) is 15.9 Å². The van der Waals surface area contributed by atoms with Crippen molar-refractivity contribution in [1.82, 2.24) is 0 Å². The second kappa shape index (κ2) is 8.90. The Kier molecular flexibility index (Phi) is 6.52. The number of benzene rings is 3. The van der Waals surface area contributed by atoms with E-state index in [9.17, 15) is 13.2 Å². The number of sulfonamides is 1. The lowest BCUT2D eigenvalue weighted by atomic mass is 10.2. The summed E-state index contributed by atoms with van der Waals surface area (Å²) < 4.78 is 28.0. The monoisotopic (exact) mass is 446 g/mol. The molecule has 0 radical (unpaired) electrons. The highest BCUT2D eigenvalue weighted by Gasteiger charge is 2.19. The van der Waals surface area contributed by atoms with Gasteiger partial charge < -0.3 is 5.32 Å². The Hall–Kier alpha value is -2.48. The molecule has 8 heteroatoms. The van der Waals surface area contributed by atoms with E-state index in [2.05, 4.69) is 10.0 Å². The van der Waals surface area contributed by atoms with Gasteiger partial charge in [-0.2, -0.15) is 0 Å². The van der Waals surface area contributed by atoms with Crippen LogP contribution in [0, 0.1) is 6.92 Å². The third kappa shape index (κ3) is 5.32. The number of anilines is 2. The number of nitrogens with one attached hydrogen (secondary N) is 2. The third-order valence-electron chi connectivity index (χ3n) is 4.11. The van der Waals surface area contributed by atoms with Crippen molar-refractivity contribution in [2.24, 2.45) is 0 Å². The molecule has 0 spiro atoms. The van der Waals surface area contributed by atoms with Crippen LogP contribution in [0.5, 0.6) is 0 Å². The fraction of sp³-hybridized carbons (Fsp3) is 0.0952. The van der Waals surface area contributed by atoms with Gasteiger partial charge in [0.05, 0.1) is 15.5 Å². The summed E-state index contributed by atoms with van der Waals surface area (Å²) in [5.41, 5.74) is 2.04. The van der Waals surface area contributed by atoms with Crippen LogP contribution in [0.4, 0.5) is 11.4 Å². The van der Waals surface area contributed by atoms with Gasteiger partial charge in [-0.25, -0.2) is 8.42 Å². The molecule has 150 valence electrons. The van der Waals surface area contributed by atoms with Crippen molar-refractivity contribution < 1.29 is 13.2 Å². The van der Waals surface area contributed by atoms with E-state index in [0.29, 0.717) is 11.4 Å². The van der Waals surface area contributed by atoms with Gasteiger partial charge in [-0.05, 0) is 73.3 Å². The highest BCUT2D eigenvalue weighted by atomic mass is 35.5. The van der Waals surface area contributed by atoms with Crippen molar-refractivity contribution in [2.45, 2.75) is 16.7 Å². The fourth-order valence-electron chi connectivity index (χ4n) is 2.64. The fourth-order valence-corrected chi connectivity index (χ4v) is 4.33. The third-order valence-corrected chi connectivity index (χ3v) is 6.56. The summed E-state index contributed by atoms with van der Waals surface area (Å²) in [7, 11) is -3.88. The number of aryl methyl sites for hydroxylation is 1. The molecule has 0 saturated carbocycles. The van der Waals surface area contributed by atoms with Gasteiger partial charge in [0.15, 0.2) is 0 Å². The highest BCUT2D eigenvalue weighted by molar-refractivity contribution is 7.98. The molecule has 2 N–H and O–H groups in total. The van der Waals surface area contributed by atoms with Crippen LogP contribution in [0.15, 0.2) is 76.5 Å². The zero-order valence-corrected chi connectivity index (χ0v) is 18.2. The molecular formula is C21H19ClN2O3S2. The zero-order chi connectivity index (χ0) is 21.0. The molecular weight excluding hydrogens is 428 g/mol. The smallest absolute Gasteiger partial charge is 0.261 e. The Labute approximate surface area is 179 Å². The van der Waals surface area contributed by atoms with E-state index >= 15 is 0 Å². The maximum atomic E-state index is 12.7. The van der Waals surface area contributed by atoms with Gasteiger partial charge in [-0.15, -0.1) is 11.8 Å². The molecule has 0 atom stereocenters. The minimum absolute atomic E-state index is 0.0497. The number of carbonyl (C=O) groups excluding carboxylic acids is 1. The van der Waals surface area contributed by atoms with E-state index in [1.165, 1.54) is 18.2 Å². The van der Waals surface area contributed by atoms with E-state index in [1.807, 2.05) is 31.4 Å². The zero-order valence-electron chi connectivity index (χ0n) is 15.8. The van der Waals surface area contributed by atoms with Gasteiger partial charge >= 0.3 is 0 Å². The topological polar surface area (TPSA) is 75.3 Å². The SMILES string of the molecule is CSc1ccc(NC(=O)c2cc(S(=O)(=O)Nc3cccc(C)c3)ccc2Cl)cc1. The van der Waals surface area contributed by atoms with E-state index in [4.69, 9.17) is 11.6 Å². The van der Waals surface area contributed by atoms with Crippen LogP contribution < -0.4 is 10.0 Å². The average molecular weight is 447 g/mol. The second-order valence-electron chi connectivity index (χ2n) is 6.30. The van der Waals surface area contributed by atoms with Crippen molar-refractivity contribution in [3.63, 3.8) is 0 Å². The molecule has 3 rings (SSSR count). The molecule has 0 aliphatic carbocycles. The Morgan fingerprint density at radius 1 is 0.966 bits per heavy atom. The maximum absolute atomic E-state index is 12.7. The summed E-state index contributed by atoms with van der Waals surface area (Å²) in [6.45, 7) is 1.87. The van der Waals surface area contributed by atoms with Gasteiger partial charge in [-0.3, -0.25) is 9.52 Å². The first-order chi connectivity index (χ1) is 13.8. The van der Waals surface area contributed by atoms with E-state index in [-0.39, 0.29) is 15.5 Å². The van der Waals surface area contributed by atoms with Crippen molar-refractivity contribution in [3.05, 3.63) is 82.9 Å². The number of hydrogen-bond donors (Lipinski definition) is 2. The van der Waals surface area contributed by atoms with Gasteiger partial charge in [0, 0.05) is 16.3 Å². The highest BCUT2D eigenvalue weighted by Crippen LogP contribution is 2.24. The summed E-state index contributed by atoms with van der Waals surface area (Å²) in [6, 6.07) is 18.4. The molecule has 0 heterocycles. The largest absolute Gasteiger partial charge is 0.322 e. The number of amides is 1. The Morgan fingerprint density at radius 2 is 1.69 bits per heavy atom. The van der Waals surface area contributed by atoms with E-state index < -0.39 is 15.9 Å². The van der Waals surface area contributed by atoms with Crippen LogP contribution in [0.25, 0.3) is 0 Å². The van der Waals surface area contributed by atoms with Gasteiger partial charge in [0.25, 0.3) is 15.9 Å². The van der Waals surface area contributed by atoms with Gasteiger partial charge in [0.2, 0.25) is 0 Å². The maximum Gasteiger partial charge on any atom is 0.261 e. The van der Waals surface area contributed by atoms with Gasteiger partial charge in [-0.1, -0.05) is 23.7 Å². The molecule has 0 fully saturated rings. The molecule has 1 amide bonds. The number of halogens is 1. The Balaban J connectivity index is 1.85. The quantitative estimate of drug-likeness (QED) is 0.495. The summed E-state index contributed by atoms with van der Waals surface area (Å²) in [5, 5.41) is 2.90. The molecule has 3 aromatic carbocycles. The summed E-state index contributed by atoms with van der Waals surface area (Å²) in [6.07, 6.45) is 1.96. The minimum Gasteiger partial charge on any atom is -0.322 e. The van der Waals surface area contributed by atoms with E-state index in [1.54, 1.807) is 42.1 Å². The molecule has 0 aromatic heterocycles. The van der Waals surface area contributed by atoms with Crippen LogP contribution >= 0.6 is 23.4 Å². The lowest BCUT2D eigenvalue weighted by Gasteiger charge is -2.12. The predicted octanol–water partition coefficient (Wildman–Crippen LogP) is 5.42. The minimum atomic E-state index is -3.88. The number of hydrogen-bond acceptors (Lipinski definition) is 4. The molecule has 0 aliphatic rings. The average Bonchev–Trinajstić information content (AvgIpc) is 2.68. The second-order valence-corrected chi connectivity index (χ2v) is 9.27. The summed E-state index contributed by atoms with van der Waals surface area (Å²) in [4.78, 5) is 13.7. The Bertz CT molecular complexity index is 1150. The first kappa shape index (κ1) is 21.2. The van der Waals surface area contributed by atoms with Crippen molar-refractivity contribution in [1.29, 1.82) is 0 Å². The number of thioether (sulfide) groups is 1. The first-order valence-electron chi connectivity index (χ1n) is 8.63. The molecule has 0 unspecified atom stereocenters. The molecule has 0 saturated heterocycles. The standard InChI is InChI=1S/C21H19ClN2O3S2/c1-14-4-3-5-16(12-14)24-29(26,27)18-10-11-20(22)19(13-18)21(25)23-15-6-8-17(28-2)9-7-15/h3-13,24H,1-2H3,(H,23,25). The number of carbonyl (C=O) groups is 1. The normalized spacial score (nSPS) is 11.1. The first-order valence-corrected chi connectivity index (χ1v) is 11.7. The summed E-state index contributed by atoms with van der Waals surface area (Å²) >= 11 is 7.75. The predicted molar refractivity (Wildman–Crippen MR) is 120 cm³/mol. The molecule has 29 heavy (non-hydrogen) atoms. The van der Waals surface area contributed by atoms with Gasteiger partial charge in [0.1, 0.15) is 0 Å². The van der Waals surface area contributed by atoms with Crippen LogP contribution in [0.3, 0.4) is 0 Å². The lowest BCUT2D eigenvalue weighted by molar-refractivity contribution is 0.102. The van der Waals surface area contributed by atoms with Crippen LogP contribution in [-0.2, 0) is 10.0 Å². The number of rotatable bonds is 6. The summed E-state index contributed by atoms with van der Waals surface area (Å²) in [5.74, 6) is -0.487. The van der Waals surface area contributed by atoms with Crippen LogP contribution in [-0.4, -0.2) is 20.6 Å². The van der Waals surface area contributed by atoms with Crippen molar-refractivity contribution in [2.75, 3.05) is 16.3 Å². The lowest BCUT2D eigenvalue weighted by Crippen LogP contribution is -2.16. The Morgan fingerprint density at radius 3 is 2.34 bits per heavy atom. The molecule has 3 aromatic rings. The van der Waals surface area contributed by atoms with E-state index in [0.717, 1.165) is 10.5 Å². The molecule has 5 nitrogen and oxygen atoms in total. The molecule has 0 aliphatic heterocycles. The van der Waals surface area contributed by atoms with Crippen LogP contribution in [0.2, 0.25) is 5.02 Å². The van der Waals surface area contributed by atoms with Crippen molar-refractivity contribution in [3.8, 4) is 0 Å². The van der Waals surface area contributed by atoms with Crippen molar-refractivity contribution >= 4 is 50.7 Å².